The Bertz CT molecular complexity index is 1330. The molecule has 1 amide bonds. The number of ether oxygens (including phenoxy) is 1. The van der Waals surface area contributed by atoms with Gasteiger partial charge in [-0.1, -0.05) is 31.5 Å². The summed E-state index contributed by atoms with van der Waals surface area (Å²) >= 11 is 6.44. The first-order valence-electron chi connectivity index (χ1n) is 16.2. The third-order valence-electron chi connectivity index (χ3n) is 10.4. The maximum Gasteiger partial charge on any atom is 0.263 e. The maximum atomic E-state index is 13.2. The van der Waals surface area contributed by atoms with Crippen molar-refractivity contribution in [2.24, 2.45) is 17.8 Å². The van der Waals surface area contributed by atoms with Crippen LogP contribution in [-0.4, -0.2) is 60.1 Å². The van der Waals surface area contributed by atoms with E-state index >= 15 is 0 Å². The molecule has 236 valence electrons. The van der Waals surface area contributed by atoms with Crippen LogP contribution in [0.1, 0.15) is 87.7 Å². The fourth-order valence-corrected chi connectivity index (χ4v) is 8.45. The average Bonchev–Trinajstić information content (AvgIpc) is 3.10. The van der Waals surface area contributed by atoms with Gasteiger partial charge >= 0.3 is 0 Å². The lowest BCUT2D eigenvalue weighted by Crippen LogP contribution is -2.49. The third-order valence-corrected chi connectivity index (χ3v) is 11.9. The van der Waals surface area contributed by atoms with Crippen molar-refractivity contribution in [2.45, 2.75) is 89.3 Å². The summed E-state index contributed by atoms with van der Waals surface area (Å²) in [6.45, 7) is 10.8. The van der Waals surface area contributed by atoms with Crippen molar-refractivity contribution in [1.29, 1.82) is 0 Å². The monoisotopic (exact) mass is 627 g/mol. The third kappa shape index (κ3) is 6.94. The number of anilines is 1. The smallest absolute Gasteiger partial charge is 0.263 e. The highest BCUT2D eigenvalue weighted by Crippen LogP contribution is 2.47. The number of benzene rings is 2. The Hall–Kier alpha value is -2.09. The Morgan fingerprint density at radius 1 is 1.19 bits per heavy atom. The van der Waals surface area contributed by atoms with Crippen molar-refractivity contribution in [3.63, 3.8) is 0 Å². The predicted octanol–water partition coefficient (Wildman–Crippen LogP) is 7.01. The van der Waals surface area contributed by atoms with E-state index in [9.17, 15) is 9.00 Å². The molecule has 1 fully saturated rings. The second-order valence-electron chi connectivity index (χ2n) is 13.8. The van der Waals surface area contributed by atoms with E-state index in [4.69, 9.17) is 16.3 Å². The first-order chi connectivity index (χ1) is 20.5. The molecular formula is C35H50ClN3O3S. The lowest BCUT2D eigenvalue weighted by atomic mass is 9.65. The van der Waals surface area contributed by atoms with Gasteiger partial charge in [-0.25, -0.2) is 4.21 Å². The maximum absolute atomic E-state index is 13.2. The molecule has 0 aromatic heterocycles. The highest BCUT2D eigenvalue weighted by molar-refractivity contribution is 7.84. The number of fused-ring (bicyclic) bond motifs is 3. The highest BCUT2D eigenvalue weighted by Gasteiger charge is 2.44. The molecule has 2 aliphatic carbocycles. The van der Waals surface area contributed by atoms with Crippen LogP contribution in [0.3, 0.4) is 0 Å². The van der Waals surface area contributed by atoms with Crippen molar-refractivity contribution >= 4 is 34.2 Å². The van der Waals surface area contributed by atoms with Crippen LogP contribution in [0.2, 0.25) is 5.02 Å². The van der Waals surface area contributed by atoms with Gasteiger partial charge in [-0.15, -0.1) is 0 Å². The van der Waals surface area contributed by atoms with Crippen LogP contribution in [0.25, 0.3) is 0 Å². The molecule has 1 spiro atoms. The van der Waals surface area contributed by atoms with Gasteiger partial charge in [-0.2, -0.15) is 0 Å². The molecule has 5 rings (SSSR count). The minimum Gasteiger partial charge on any atom is -0.490 e. The number of nitrogens with one attached hydrogen (secondary N) is 1. The molecule has 43 heavy (non-hydrogen) atoms. The minimum atomic E-state index is -1.43. The van der Waals surface area contributed by atoms with E-state index in [1.807, 2.05) is 32.0 Å². The molecule has 8 heteroatoms. The summed E-state index contributed by atoms with van der Waals surface area (Å²) in [7, 11) is 2.97. The number of carbonyl (C=O) groups excluding carboxylic acids is 1. The van der Waals surface area contributed by atoms with E-state index in [-0.39, 0.29) is 16.6 Å². The number of carbonyl (C=O) groups is 1. The number of aryl methyl sites for hydroxylation is 1. The molecule has 5 unspecified atom stereocenters. The molecule has 1 heterocycles. The molecule has 6 nitrogen and oxygen atoms in total. The first-order valence-corrected chi connectivity index (χ1v) is 17.8. The number of amides is 1. The van der Waals surface area contributed by atoms with Gasteiger partial charge in [-0.05, 0) is 132 Å². The summed E-state index contributed by atoms with van der Waals surface area (Å²) in [4.78, 5) is 18.1. The van der Waals surface area contributed by atoms with Gasteiger partial charge in [0.25, 0.3) is 5.91 Å². The summed E-state index contributed by atoms with van der Waals surface area (Å²) in [5.41, 5.74) is 4.01. The molecule has 2 aromatic rings. The molecule has 6 atom stereocenters. The summed E-state index contributed by atoms with van der Waals surface area (Å²) in [5.74, 6) is 2.45. The molecule has 0 saturated heterocycles. The second-order valence-corrected chi connectivity index (χ2v) is 16.0. The molecular weight excluding hydrogens is 578 g/mol. The number of hydrogen-bond donors (Lipinski definition) is 1. The zero-order valence-electron chi connectivity index (χ0n) is 26.8. The molecule has 1 aliphatic heterocycles. The number of nitrogens with zero attached hydrogens (tertiary/aromatic N) is 2. The molecule has 1 saturated carbocycles. The van der Waals surface area contributed by atoms with Gasteiger partial charge in [0.05, 0.1) is 12.3 Å². The van der Waals surface area contributed by atoms with Crippen molar-refractivity contribution in [3.8, 4) is 5.75 Å². The molecule has 0 bridgehead atoms. The Balaban J connectivity index is 1.47. The van der Waals surface area contributed by atoms with E-state index in [1.54, 1.807) is 6.07 Å². The van der Waals surface area contributed by atoms with Gasteiger partial charge in [0.1, 0.15) is 16.7 Å². The van der Waals surface area contributed by atoms with Crippen LogP contribution in [0, 0.1) is 17.8 Å². The van der Waals surface area contributed by atoms with Gasteiger partial charge in [0, 0.05) is 40.4 Å². The van der Waals surface area contributed by atoms with E-state index < -0.39 is 11.0 Å². The van der Waals surface area contributed by atoms with E-state index in [0.717, 1.165) is 48.8 Å². The normalized spacial score (nSPS) is 25.3. The summed E-state index contributed by atoms with van der Waals surface area (Å²) in [5, 5.41) is 0.635. The SMILES string of the molecule is CCC(CC(C)C1CCC1CN1C[C@@]2(CCCc3cc(Cl)ccc32)COc2ccc(C(=O)NS(=O)C(C)C)cc21)N(C)C. The van der Waals surface area contributed by atoms with Crippen LogP contribution < -0.4 is 14.4 Å². The van der Waals surface area contributed by atoms with Crippen molar-refractivity contribution in [1.82, 2.24) is 9.62 Å². The molecule has 2 aromatic carbocycles. The number of halogens is 1. The Morgan fingerprint density at radius 2 is 1.98 bits per heavy atom. The molecule has 0 radical (unpaired) electrons. The summed E-state index contributed by atoms with van der Waals surface area (Å²) < 4.78 is 21.8. The van der Waals surface area contributed by atoms with E-state index in [2.05, 4.69) is 54.6 Å². The largest absolute Gasteiger partial charge is 0.490 e. The summed E-state index contributed by atoms with van der Waals surface area (Å²) in [6, 6.07) is 12.7. The lowest BCUT2D eigenvalue weighted by molar-refractivity contribution is 0.0908. The van der Waals surface area contributed by atoms with Gasteiger partial charge in [-0.3, -0.25) is 9.52 Å². The van der Waals surface area contributed by atoms with Crippen LogP contribution in [-0.2, 0) is 22.8 Å². The Morgan fingerprint density at radius 3 is 2.65 bits per heavy atom. The van der Waals surface area contributed by atoms with Gasteiger partial charge in [0.15, 0.2) is 0 Å². The van der Waals surface area contributed by atoms with Gasteiger partial charge < -0.3 is 14.5 Å². The van der Waals surface area contributed by atoms with E-state index in [1.165, 1.54) is 36.8 Å². The lowest BCUT2D eigenvalue weighted by Gasteiger charge is -2.47. The standard InChI is InChI=1S/C35H50ClN3O3S/c1-7-29(38(5)6)17-24(4)30-13-10-27(30)20-39-21-35(16-8-9-25-18-28(36)12-14-31(25)35)22-42-33-15-11-26(19-32(33)39)34(40)37-43(41)23(2)3/h11-12,14-15,18-19,23-24,27,29-30H,7-10,13,16-17,20-22H2,1-6H3,(H,37,40)/t24?,27?,29?,30?,35-,43?/m0/s1. The fraction of sp³-hybridized carbons (Fsp3) is 0.629. The number of hydrogen-bond acceptors (Lipinski definition) is 5. The minimum absolute atomic E-state index is 0.151. The highest BCUT2D eigenvalue weighted by atomic mass is 35.5. The van der Waals surface area contributed by atoms with Crippen LogP contribution in [0.5, 0.6) is 5.75 Å². The average molecular weight is 628 g/mol. The fourth-order valence-electron chi connectivity index (χ4n) is 7.72. The zero-order chi connectivity index (χ0) is 30.9. The predicted molar refractivity (Wildman–Crippen MR) is 179 cm³/mol. The number of rotatable bonds is 10. The topological polar surface area (TPSA) is 61.9 Å². The van der Waals surface area contributed by atoms with Crippen LogP contribution in [0.15, 0.2) is 36.4 Å². The summed E-state index contributed by atoms with van der Waals surface area (Å²) in [6.07, 6.45) is 8.09. The quantitative estimate of drug-likeness (QED) is 0.307. The molecule has 1 N–H and O–H groups in total. The van der Waals surface area contributed by atoms with Crippen LogP contribution >= 0.6 is 11.6 Å². The Labute approximate surface area is 266 Å². The molecule has 3 aliphatic rings. The van der Waals surface area contributed by atoms with Crippen molar-refractivity contribution in [3.05, 3.63) is 58.1 Å². The van der Waals surface area contributed by atoms with E-state index in [0.29, 0.717) is 36.0 Å². The zero-order valence-corrected chi connectivity index (χ0v) is 28.4. The van der Waals surface area contributed by atoms with Crippen molar-refractivity contribution < 1.29 is 13.7 Å². The van der Waals surface area contributed by atoms with Crippen LogP contribution in [0.4, 0.5) is 5.69 Å². The first kappa shape index (κ1) is 32.3. The van der Waals surface area contributed by atoms with Gasteiger partial charge in [0.2, 0.25) is 0 Å². The van der Waals surface area contributed by atoms with Crippen molar-refractivity contribution in [2.75, 3.05) is 38.7 Å². The Kier molecular flexibility index (Phi) is 10.1. The second kappa shape index (κ2) is 13.5.